The average Bonchev–Trinajstić information content (AvgIpc) is 3.42. The van der Waals surface area contributed by atoms with Gasteiger partial charge in [0, 0.05) is 12.3 Å². The van der Waals surface area contributed by atoms with Gasteiger partial charge < -0.3 is 29.6 Å². The van der Waals surface area contributed by atoms with E-state index in [0.717, 1.165) is 16.3 Å². The fourth-order valence-corrected chi connectivity index (χ4v) is 7.24. The second-order valence-electron chi connectivity index (χ2n) is 9.12. The lowest BCUT2D eigenvalue weighted by Gasteiger charge is -2.24. The van der Waals surface area contributed by atoms with Crippen molar-refractivity contribution in [3.05, 3.63) is 40.9 Å². The van der Waals surface area contributed by atoms with Gasteiger partial charge in [-0.15, -0.1) is 11.8 Å². The van der Waals surface area contributed by atoms with Crippen molar-refractivity contribution in [1.29, 1.82) is 0 Å². The molecule has 1 aromatic heterocycles. The van der Waals surface area contributed by atoms with Gasteiger partial charge in [-0.2, -0.15) is 4.98 Å². The molecule has 4 rings (SSSR count). The third kappa shape index (κ3) is 6.42. The van der Waals surface area contributed by atoms with E-state index in [1.807, 2.05) is 0 Å². The summed E-state index contributed by atoms with van der Waals surface area (Å²) >= 11 is 0.924. The molecule has 2 aliphatic heterocycles. The first-order chi connectivity index (χ1) is 18.0. The van der Waals surface area contributed by atoms with Crippen molar-refractivity contribution in [3.63, 3.8) is 0 Å². The van der Waals surface area contributed by atoms with Gasteiger partial charge in [0.05, 0.1) is 30.0 Å². The van der Waals surface area contributed by atoms with Crippen LogP contribution in [0.3, 0.4) is 0 Å². The SMILES string of the molecule is CC(C)OC(=O)[C@H](C)CP(=O)(OC[C@H]1S[C@@H](n2ccc(N)nc2=O)[C@@H](F)[C@@H]1O)Oc1ccc2c(c1)OCO2. The molecule has 1 aromatic carbocycles. The Morgan fingerprint density at radius 3 is 2.76 bits per heavy atom. The average molecular weight is 574 g/mol. The summed E-state index contributed by atoms with van der Waals surface area (Å²) in [5, 5.41) is 8.51. The maximum Gasteiger partial charge on any atom is 0.380 e. The summed E-state index contributed by atoms with van der Waals surface area (Å²) in [6.07, 6.45) is -2.82. The van der Waals surface area contributed by atoms with Crippen LogP contribution in [-0.2, 0) is 18.6 Å². The van der Waals surface area contributed by atoms with Crippen LogP contribution in [0.1, 0.15) is 26.1 Å². The molecule has 2 aliphatic rings. The highest BCUT2D eigenvalue weighted by molar-refractivity contribution is 8.00. The van der Waals surface area contributed by atoms with E-state index in [-0.39, 0.29) is 30.6 Å². The van der Waals surface area contributed by atoms with Gasteiger partial charge in [-0.1, -0.05) is 6.92 Å². The van der Waals surface area contributed by atoms with Crippen molar-refractivity contribution in [2.75, 3.05) is 25.3 Å². The molecule has 1 fully saturated rings. The molecule has 15 heteroatoms. The molecule has 1 saturated heterocycles. The topological polar surface area (TPSA) is 161 Å². The summed E-state index contributed by atoms with van der Waals surface area (Å²) < 4.78 is 57.2. The largest absolute Gasteiger partial charge is 0.463 e. The zero-order chi connectivity index (χ0) is 27.6. The van der Waals surface area contributed by atoms with E-state index in [9.17, 15) is 23.7 Å². The molecule has 0 spiro atoms. The van der Waals surface area contributed by atoms with Gasteiger partial charge in [0.25, 0.3) is 0 Å². The lowest BCUT2D eigenvalue weighted by atomic mass is 10.1. The summed E-state index contributed by atoms with van der Waals surface area (Å²) in [6, 6.07) is 5.90. The minimum absolute atomic E-state index is 0.0168. The van der Waals surface area contributed by atoms with Gasteiger partial charge in [-0.25, -0.2) is 13.8 Å². The number of rotatable bonds is 10. The molecular weight excluding hydrogens is 544 g/mol. The number of aliphatic hydroxyl groups is 1. The Morgan fingerprint density at radius 2 is 2.05 bits per heavy atom. The van der Waals surface area contributed by atoms with Gasteiger partial charge in [-0.3, -0.25) is 13.9 Å². The Labute approximate surface area is 222 Å². The van der Waals surface area contributed by atoms with Crippen LogP contribution in [0, 0.1) is 5.92 Å². The number of carbonyl (C=O) groups excluding carboxylic acids is 1. The highest BCUT2D eigenvalue weighted by Crippen LogP contribution is 2.53. The Balaban J connectivity index is 1.51. The van der Waals surface area contributed by atoms with Crippen LogP contribution in [0.5, 0.6) is 17.2 Å². The number of thioether (sulfide) groups is 1. The normalized spacial score (nSPS) is 24.7. The summed E-state index contributed by atoms with van der Waals surface area (Å²) in [6.45, 7) is 4.53. The molecule has 3 heterocycles. The number of aromatic nitrogens is 2. The van der Waals surface area contributed by atoms with Crippen molar-refractivity contribution < 1.29 is 42.1 Å². The predicted octanol–water partition coefficient (Wildman–Crippen LogP) is 2.74. The molecule has 3 N–H and O–H groups in total. The van der Waals surface area contributed by atoms with Gasteiger partial charge in [0.15, 0.2) is 17.7 Å². The van der Waals surface area contributed by atoms with Gasteiger partial charge in [0.1, 0.15) is 23.0 Å². The maximum atomic E-state index is 15.0. The van der Waals surface area contributed by atoms with Crippen molar-refractivity contribution in [2.24, 2.45) is 5.92 Å². The number of halogens is 1. The van der Waals surface area contributed by atoms with Crippen LogP contribution in [0.25, 0.3) is 0 Å². The first kappa shape index (κ1) is 28.2. The molecule has 12 nitrogen and oxygen atoms in total. The van der Waals surface area contributed by atoms with Crippen molar-refractivity contribution in [2.45, 2.75) is 49.8 Å². The molecular formula is C23H29FN3O9PS. The monoisotopic (exact) mass is 573 g/mol. The van der Waals surface area contributed by atoms with Crippen LogP contribution in [0.15, 0.2) is 35.3 Å². The first-order valence-electron chi connectivity index (χ1n) is 11.8. The van der Waals surface area contributed by atoms with E-state index < -0.39 is 54.7 Å². The van der Waals surface area contributed by atoms with Gasteiger partial charge in [-0.05, 0) is 32.0 Å². The Bertz CT molecular complexity index is 1280. The fraction of sp³-hybridized carbons (Fsp3) is 0.522. The zero-order valence-corrected chi connectivity index (χ0v) is 22.6. The Hall–Kier alpha value is -2.80. The van der Waals surface area contributed by atoms with E-state index in [4.69, 9.17) is 29.0 Å². The van der Waals surface area contributed by atoms with Crippen LogP contribution in [0.4, 0.5) is 10.2 Å². The number of anilines is 1. The summed E-state index contributed by atoms with van der Waals surface area (Å²) in [4.78, 5) is 28.2. The van der Waals surface area contributed by atoms with Crippen LogP contribution in [0.2, 0.25) is 0 Å². The number of nitrogens with two attached hydrogens (primary N) is 1. The molecule has 1 unspecified atom stereocenters. The molecule has 38 heavy (non-hydrogen) atoms. The molecule has 208 valence electrons. The number of ether oxygens (including phenoxy) is 3. The number of alkyl halides is 1. The number of hydrogen-bond donors (Lipinski definition) is 2. The lowest BCUT2D eigenvalue weighted by molar-refractivity contribution is -0.151. The second kappa shape index (κ2) is 11.5. The zero-order valence-electron chi connectivity index (χ0n) is 20.9. The van der Waals surface area contributed by atoms with E-state index in [0.29, 0.717) is 11.5 Å². The fourth-order valence-electron chi connectivity index (χ4n) is 3.84. The third-order valence-corrected chi connectivity index (χ3v) is 9.25. The van der Waals surface area contributed by atoms with Crippen LogP contribution >= 0.6 is 19.4 Å². The highest BCUT2D eigenvalue weighted by atomic mass is 32.2. The molecule has 0 bridgehead atoms. The lowest BCUT2D eigenvalue weighted by Crippen LogP contribution is -2.33. The van der Waals surface area contributed by atoms with E-state index in [1.54, 1.807) is 19.9 Å². The molecule has 0 saturated carbocycles. The predicted molar refractivity (Wildman–Crippen MR) is 136 cm³/mol. The molecule has 2 aromatic rings. The van der Waals surface area contributed by atoms with Crippen molar-refractivity contribution in [3.8, 4) is 17.2 Å². The van der Waals surface area contributed by atoms with Crippen LogP contribution < -0.4 is 25.4 Å². The van der Waals surface area contributed by atoms with Crippen LogP contribution in [-0.4, -0.2) is 63.8 Å². The number of fused-ring (bicyclic) bond motifs is 1. The Morgan fingerprint density at radius 1 is 1.32 bits per heavy atom. The van der Waals surface area contributed by atoms with Gasteiger partial charge >= 0.3 is 19.3 Å². The molecule has 0 amide bonds. The van der Waals surface area contributed by atoms with E-state index >= 15 is 0 Å². The molecule has 0 radical (unpaired) electrons. The highest BCUT2D eigenvalue weighted by Gasteiger charge is 2.46. The smallest absolute Gasteiger partial charge is 0.380 e. The van der Waals surface area contributed by atoms with Crippen molar-refractivity contribution in [1.82, 2.24) is 9.55 Å². The second-order valence-corrected chi connectivity index (χ2v) is 12.5. The van der Waals surface area contributed by atoms with E-state index in [1.165, 1.54) is 31.3 Å². The standard InChI is InChI=1S/C23H29FN3O9PS/c1-12(2)35-22(29)13(3)10-37(31,36-14-4-5-15-16(8-14)33-11-32-15)34-9-17-20(28)19(24)21(38-17)27-7-6-18(25)26-23(27)30/h4-8,12-13,17,19-21,28H,9-11H2,1-3H3,(H2,25,26,30)/t13-,17-,19+,20-,21-,37?/m1/s1. The minimum atomic E-state index is -4.07. The first-order valence-corrected chi connectivity index (χ1v) is 14.5. The Kier molecular flexibility index (Phi) is 8.55. The minimum Gasteiger partial charge on any atom is -0.463 e. The number of nitrogen functional groups attached to an aromatic ring is 1. The molecule has 0 aliphatic carbocycles. The number of aliphatic hydroxyl groups excluding tert-OH is 1. The summed E-state index contributed by atoms with van der Waals surface area (Å²) in [5.74, 6) is -0.459. The number of benzene rings is 1. The quantitative estimate of drug-likeness (QED) is 0.316. The van der Waals surface area contributed by atoms with Gasteiger partial charge in [0.2, 0.25) is 6.79 Å². The third-order valence-electron chi connectivity index (χ3n) is 5.70. The summed E-state index contributed by atoms with van der Waals surface area (Å²) in [5.41, 5.74) is 4.73. The number of esters is 1. The number of carbonyl (C=O) groups is 1. The number of hydrogen-bond acceptors (Lipinski definition) is 12. The van der Waals surface area contributed by atoms with E-state index in [2.05, 4.69) is 4.98 Å². The molecule has 6 atom stereocenters. The summed E-state index contributed by atoms with van der Waals surface area (Å²) in [7, 11) is -4.07. The maximum absolute atomic E-state index is 15.0. The number of nitrogens with zero attached hydrogens (tertiary/aromatic N) is 2. The van der Waals surface area contributed by atoms with Crippen molar-refractivity contribution >= 4 is 31.1 Å².